The van der Waals surface area contributed by atoms with Crippen molar-refractivity contribution in [1.29, 1.82) is 0 Å². The second-order valence-corrected chi connectivity index (χ2v) is 9.88. The SMILES string of the molecule is O=C(c1ccc(Oc2ccccc2)cc1)N1CCN(S(=O)(=O)N2CCCCCC2)CC1. The normalized spacial score (nSPS) is 19.0. The van der Waals surface area contributed by atoms with Crippen LogP contribution in [0.25, 0.3) is 0 Å². The predicted molar refractivity (Wildman–Crippen MR) is 119 cm³/mol. The molecule has 4 rings (SSSR count). The highest BCUT2D eigenvalue weighted by molar-refractivity contribution is 7.86. The molecule has 0 unspecified atom stereocenters. The monoisotopic (exact) mass is 443 g/mol. The van der Waals surface area contributed by atoms with Crippen molar-refractivity contribution in [2.45, 2.75) is 25.7 Å². The van der Waals surface area contributed by atoms with Gasteiger partial charge >= 0.3 is 0 Å². The first-order valence-electron chi connectivity index (χ1n) is 10.9. The summed E-state index contributed by atoms with van der Waals surface area (Å²) in [7, 11) is -3.45. The maximum absolute atomic E-state index is 13.0. The molecule has 0 N–H and O–H groups in total. The van der Waals surface area contributed by atoms with E-state index in [-0.39, 0.29) is 5.91 Å². The summed E-state index contributed by atoms with van der Waals surface area (Å²) in [5.41, 5.74) is 0.573. The number of rotatable bonds is 5. The number of carbonyl (C=O) groups excluding carboxylic acids is 1. The number of ether oxygens (including phenoxy) is 1. The van der Waals surface area contributed by atoms with Gasteiger partial charge in [-0.2, -0.15) is 17.0 Å². The van der Waals surface area contributed by atoms with Crippen LogP contribution in [-0.4, -0.2) is 67.1 Å². The van der Waals surface area contributed by atoms with E-state index in [1.807, 2.05) is 30.3 Å². The molecule has 0 aromatic heterocycles. The lowest BCUT2D eigenvalue weighted by atomic mass is 10.2. The van der Waals surface area contributed by atoms with Crippen molar-refractivity contribution in [1.82, 2.24) is 13.5 Å². The lowest BCUT2D eigenvalue weighted by Crippen LogP contribution is -2.54. The third-order valence-electron chi connectivity index (χ3n) is 5.82. The first kappa shape index (κ1) is 21.8. The van der Waals surface area contributed by atoms with Crippen LogP contribution in [0, 0.1) is 0 Å². The molecule has 0 saturated carbocycles. The first-order chi connectivity index (χ1) is 15.0. The second-order valence-electron chi connectivity index (χ2n) is 7.95. The van der Waals surface area contributed by atoms with Crippen LogP contribution in [0.1, 0.15) is 36.0 Å². The summed E-state index contributed by atoms with van der Waals surface area (Å²) in [6.45, 7) is 2.65. The van der Waals surface area contributed by atoms with Crippen LogP contribution in [-0.2, 0) is 10.2 Å². The Balaban J connectivity index is 1.33. The minimum absolute atomic E-state index is 0.0851. The van der Waals surface area contributed by atoms with Crippen LogP contribution >= 0.6 is 0 Å². The third-order valence-corrected chi connectivity index (χ3v) is 7.86. The average molecular weight is 444 g/mol. The number of nitrogens with zero attached hydrogens (tertiary/aromatic N) is 3. The van der Waals surface area contributed by atoms with E-state index in [1.54, 1.807) is 33.5 Å². The highest BCUT2D eigenvalue weighted by Crippen LogP contribution is 2.22. The fraction of sp³-hybridized carbons (Fsp3) is 0.435. The van der Waals surface area contributed by atoms with Gasteiger partial charge in [-0.05, 0) is 49.2 Å². The summed E-state index contributed by atoms with van der Waals surface area (Å²) in [4.78, 5) is 14.6. The van der Waals surface area contributed by atoms with E-state index in [2.05, 4.69) is 0 Å². The number of para-hydroxylation sites is 1. The van der Waals surface area contributed by atoms with E-state index < -0.39 is 10.2 Å². The standard InChI is InChI=1S/C23H29N3O4S/c27-23(20-10-12-22(13-11-20)30-21-8-4-3-5-9-21)24-16-18-26(19-17-24)31(28,29)25-14-6-1-2-7-15-25/h3-5,8-13H,1-2,6-7,14-19H2. The Labute approximate surface area is 184 Å². The molecule has 2 saturated heterocycles. The number of benzene rings is 2. The van der Waals surface area contributed by atoms with E-state index in [4.69, 9.17) is 4.74 Å². The molecule has 0 bridgehead atoms. The fourth-order valence-corrected chi connectivity index (χ4v) is 5.70. The largest absolute Gasteiger partial charge is 0.457 e. The zero-order valence-corrected chi connectivity index (χ0v) is 18.5. The molecule has 2 aromatic rings. The number of hydrogen-bond donors (Lipinski definition) is 0. The van der Waals surface area contributed by atoms with E-state index in [0.29, 0.717) is 50.6 Å². The molecular formula is C23H29N3O4S. The van der Waals surface area contributed by atoms with Gasteiger partial charge in [0.25, 0.3) is 16.1 Å². The molecule has 0 spiro atoms. The lowest BCUT2D eigenvalue weighted by Gasteiger charge is -2.36. The summed E-state index contributed by atoms with van der Waals surface area (Å²) in [6.07, 6.45) is 4.01. The molecule has 8 heteroatoms. The second kappa shape index (κ2) is 9.80. The van der Waals surface area contributed by atoms with Crippen LogP contribution in [0.4, 0.5) is 0 Å². The van der Waals surface area contributed by atoms with Gasteiger partial charge in [-0.3, -0.25) is 4.79 Å². The van der Waals surface area contributed by atoms with Gasteiger partial charge in [0.15, 0.2) is 0 Å². The molecule has 7 nitrogen and oxygen atoms in total. The molecular weight excluding hydrogens is 414 g/mol. The van der Waals surface area contributed by atoms with Crippen molar-refractivity contribution in [3.05, 3.63) is 60.2 Å². The minimum Gasteiger partial charge on any atom is -0.457 e. The van der Waals surface area contributed by atoms with Crippen LogP contribution in [0.5, 0.6) is 11.5 Å². The Morgan fingerprint density at radius 2 is 1.23 bits per heavy atom. The molecule has 0 aliphatic carbocycles. The van der Waals surface area contributed by atoms with Crippen LogP contribution < -0.4 is 4.74 Å². The topological polar surface area (TPSA) is 70.2 Å². The summed E-state index contributed by atoms with van der Waals surface area (Å²) in [5, 5.41) is 0. The van der Waals surface area contributed by atoms with Gasteiger partial charge in [-0.15, -0.1) is 0 Å². The van der Waals surface area contributed by atoms with Crippen molar-refractivity contribution in [2.75, 3.05) is 39.3 Å². The van der Waals surface area contributed by atoms with Gasteiger partial charge in [-0.25, -0.2) is 0 Å². The van der Waals surface area contributed by atoms with Gasteiger partial charge in [0, 0.05) is 44.8 Å². The number of amides is 1. The quantitative estimate of drug-likeness (QED) is 0.711. The average Bonchev–Trinajstić information content (AvgIpc) is 3.10. The van der Waals surface area contributed by atoms with Crippen LogP contribution in [0.3, 0.4) is 0 Å². The van der Waals surface area contributed by atoms with Crippen molar-refractivity contribution in [3.63, 3.8) is 0 Å². The number of carbonyl (C=O) groups is 1. The minimum atomic E-state index is -3.45. The number of piperazine rings is 1. The molecule has 31 heavy (non-hydrogen) atoms. The Hall–Kier alpha value is -2.42. The van der Waals surface area contributed by atoms with E-state index in [0.717, 1.165) is 31.4 Å². The lowest BCUT2D eigenvalue weighted by molar-refractivity contribution is 0.0694. The molecule has 2 aromatic carbocycles. The van der Waals surface area contributed by atoms with Gasteiger partial charge in [-0.1, -0.05) is 31.0 Å². The molecule has 0 radical (unpaired) electrons. The molecule has 1 amide bonds. The molecule has 166 valence electrons. The van der Waals surface area contributed by atoms with Crippen LogP contribution in [0.15, 0.2) is 54.6 Å². The van der Waals surface area contributed by atoms with E-state index in [9.17, 15) is 13.2 Å². The molecule has 2 fully saturated rings. The number of hydrogen-bond acceptors (Lipinski definition) is 4. The predicted octanol–water partition coefficient (Wildman–Crippen LogP) is 3.36. The van der Waals surface area contributed by atoms with Gasteiger partial charge in [0.1, 0.15) is 11.5 Å². The highest BCUT2D eigenvalue weighted by atomic mass is 32.2. The summed E-state index contributed by atoms with van der Waals surface area (Å²) < 4.78 is 34.8. The molecule has 2 aliphatic rings. The van der Waals surface area contributed by atoms with E-state index in [1.165, 1.54) is 4.31 Å². The summed E-state index contributed by atoms with van der Waals surface area (Å²) in [5.74, 6) is 1.32. The van der Waals surface area contributed by atoms with Gasteiger partial charge in [0.2, 0.25) is 0 Å². The fourth-order valence-electron chi connectivity index (χ4n) is 4.03. The van der Waals surface area contributed by atoms with Crippen molar-refractivity contribution < 1.29 is 17.9 Å². The summed E-state index contributed by atoms with van der Waals surface area (Å²) in [6, 6.07) is 16.5. The van der Waals surface area contributed by atoms with Crippen molar-refractivity contribution in [3.8, 4) is 11.5 Å². The maximum Gasteiger partial charge on any atom is 0.282 e. The highest BCUT2D eigenvalue weighted by Gasteiger charge is 2.33. The Kier molecular flexibility index (Phi) is 6.89. The Bertz CT molecular complexity index is 964. The first-order valence-corrected chi connectivity index (χ1v) is 12.3. The maximum atomic E-state index is 13.0. The molecule has 0 atom stereocenters. The van der Waals surface area contributed by atoms with E-state index >= 15 is 0 Å². The van der Waals surface area contributed by atoms with Crippen LogP contribution in [0.2, 0.25) is 0 Å². The smallest absolute Gasteiger partial charge is 0.282 e. The van der Waals surface area contributed by atoms with Crippen molar-refractivity contribution >= 4 is 16.1 Å². The zero-order chi connectivity index (χ0) is 21.7. The Morgan fingerprint density at radius 1 is 0.677 bits per heavy atom. The Morgan fingerprint density at radius 3 is 1.84 bits per heavy atom. The van der Waals surface area contributed by atoms with Gasteiger partial charge in [0.05, 0.1) is 0 Å². The van der Waals surface area contributed by atoms with Gasteiger partial charge < -0.3 is 9.64 Å². The van der Waals surface area contributed by atoms with Crippen molar-refractivity contribution in [2.24, 2.45) is 0 Å². The third kappa shape index (κ3) is 5.26. The zero-order valence-electron chi connectivity index (χ0n) is 17.7. The molecule has 2 aliphatic heterocycles. The summed E-state index contributed by atoms with van der Waals surface area (Å²) >= 11 is 0. The molecule has 2 heterocycles.